The zero-order valence-electron chi connectivity index (χ0n) is 24.8. The number of carbonyl (C=O) groups is 2. The van der Waals surface area contributed by atoms with Crippen molar-refractivity contribution in [1.29, 1.82) is 0 Å². The van der Waals surface area contributed by atoms with Gasteiger partial charge in [-0.25, -0.2) is 9.78 Å². The molecular weight excluding hydrogens is 542 g/mol. The van der Waals surface area contributed by atoms with Crippen molar-refractivity contribution in [3.8, 4) is 17.2 Å². The number of pyridine rings is 1. The number of aryl methyl sites for hydroxylation is 1. The van der Waals surface area contributed by atoms with Gasteiger partial charge in [0.15, 0.2) is 11.3 Å². The molecule has 11 nitrogen and oxygen atoms in total. The van der Waals surface area contributed by atoms with Crippen LogP contribution in [-0.4, -0.2) is 68.4 Å². The molecule has 42 heavy (non-hydrogen) atoms. The number of esters is 1. The first-order valence-corrected chi connectivity index (χ1v) is 13.3. The van der Waals surface area contributed by atoms with Crippen LogP contribution in [0.25, 0.3) is 21.9 Å². The molecule has 11 heteroatoms. The molecule has 0 radical (unpaired) electrons. The highest BCUT2D eigenvalue weighted by Crippen LogP contribution is 2.31. The molecule has 0 saturated heterocycles. The fraction of sp³-hybridized carbons (Fsp3) is 0.355. The molecule has 0 N–H and O–H groups in total. The zero-order chi connectivity index (χ0) is 30.6. The van der Waals surface area contributed by atoms with E-state index >= 15 is 0 Å². The van der Waals surface area contributed by atoms with Gasteiger partial charge in [0.25, 0.3) is 0 Å². The lowest BCUT2D eigenvalue weighted by Crippen LogP contribution is -2.40. The normalized spacial score (nSPS) is 11.5. The summed E-state index contributed by atoms with van der Waals surface area (Å²) < 4.78 is 28.2. The summed E-state index contributed by atoms with van der Waals surface area (Å²) in [6.45, 7) is 7.83. The van der Waals surface area contributed by atoms with Crippen LogP contribution >= 0.6 is 0 Å². The van der Waals surface area contributed by atoms with Gasteiger partial charge in [0.2, 0.25) is 5.43 Å². The summed E-state index contributed by atoms with van der Waals surface area (Å²) >= 11 is 0. The van der Waals surface area contributed by atoms with Crippen LogP contribution in [0.5, 0.6) is 17.2 Å². The van der Waals surface area contributed by atoms with Crippen molar-refractivity contribution in [3.63, 3.8) is 0 Å². The molecule has 4 rings (SSSR count). The Morgan fingerprint density at radius 3 is 2.38 bits per heavy atom. The molecule has 0 aliphatic carbocycles. The molecule has 0 bridgehead atoms. The van der Waals surface area contributed by atoms with Gasteiger partial charge in [-0.1, -0.05) is 0 Å². The Hall–Kier alpha value is -4.64. The maximum Gasteiger partial charge on any atom is 0.416 e. The van der Waals surface area contributed by atoms with Crippen molar-refractivity contribution in [2.75, 3.05) is 45.8 Å². The van der Waals surface area contributed by atoms with Crippen molar-refractivity contribution in [2.24, 2.45) is 0 Å². The zero-order valence-corrected chi connectivity index (χ0v) is 24.8. The minimum atomic E-state index is -0.775. The average molecular weight is 578 g/mol. The molecule has 2 aromatic carbocycles. The third-order valence-electron chi connectivity index (χ3n) is 6.01. The van der Waals surface area contributed by atoms with Crippen LogP contribution < -0.4 is 19.8 Å². The maximum absolute atomic E-state index is 13.3. The molecule has 2 aromatic heterocycles. The summed E-state index contributed by atoms with van der Waals surface area (Å²) in [7, 11) is 5.14. The Morgan fingerprint density at radius 1 is 1.00 bits per heavy atom. The van der Waals surface area contributed by atoms with E-state index < -0.39 is 17.7 Å². The number of carbonyl (C=O) groups excluding carboxylic acids is 2. The molecule has 0 aliphatic heterocycles. The summed E-state index contributed by atoms with van der Waals surface area (Å²) in [5.41, 5.74) is 0.653. The first-order chi connectivity index (χ1) is 19.8. The lowest BCUT2D eigenvalue weighted by molar-refractivity contribution is -0.139. The van der Waals surface area contributed by atoms with Crippen LogP contribution in [0.4, 0.5) is 10.6 Å². The predicted octanol–water partition coefficient (Wildman–Crippen LogP) is 5.30. The van der Waals surface area contributed by atoms with Crippen LogP contribution in [0.15, 0.2) is 57.9 Å². The topological polar surface area (TPSA) is 121 Å². The first kappa shape index (κ1) is 30.3. The monoisotopic (exact) mass is 577 g/mol. The van der Waals surface area contributed by atoms with Crippen molar-refractivity contribution in [2.45, 2.75) is 33.3 Å². The number of amides is 1. The van der Waals surface area contributed by atoms with E-state index in [0.29, 0.717) is 52.3 Å². The molecule has 0 aliphatic rings. The van der Waals surface area contributed by atoms with Gasteiger partial charge in [-0.15, -0.1) is 0 Å². The van der Waals surface area contributed by atoms with E-state index in [-0.39, 0.29) is 17.8 Å². The lowest BCUT2D eigenvalue weighted by atomic mass is 10.1. The highest BCUT2D eigenvalue weighted by Gasteiger charge is 2.26. The Kier molecular flexibility index (Phi) is 9.01. The number of likely N-dealkylation sites (N-methyl/N-ethyl adjacent to an activating group) is 1. The first-order valence-electron chi connectivity index (χ1n) is 13.3. The van der Waals surface area contributed by atoms with E-state index in [2.05, 4.69) is 4.98 Å². The fourth-order valence-electron chi connectivity index (χ4n) is 4.03. The van der Waals surface area contributed by atoms with Crippen LogP contribution in [0.3, 0.4) is 0 Å². The van der Waals surface area contributed by atoms with Crippen LogP contribution in [-0.2, 0) is 14.3 Å². The Labute approximate surface area is 243 Å². The SMILES string of the molecule is COC(=O)CN(C(=O)OC(C)(C)C)c1ccc(Oc2ccc3c(=O)c4cc(C)cc(OCCN(C)C)c4oc3c2)cn1. The van der Waals surface area contributed by atoms with Gasteiger partial charge in [-0.2, -0.15) is 0 Å². The van der Waals surface area contributed by atoms with Crippen molar-refractivity contribution in [3.05, 3.63) is 64.4 Å². The van der Waals surface area contributed by atoms with E-state index in [1.807, 2.05) is 32.0 Å². The Balaban J connectivity index is 1.62. The predicted molar refractivity (Wildman–Crippen MR) is 159 cm³/mol. The van der Waals surface area contributed by atoms with Gasteiger partial charge in [-0.3, -0.25) is 14.5 Å². The average Bonchev–Trinajstić information content (AvgIpc) is 2.91. The lowest BCUT2D eigenvalue weighted by Gasteiger charge is -2.26. The summed E-state index contributed by atoms with van der Waals surface area (Å²) in [6, 6.07) is 11.7. The molecule has 0 saturated carbocycles. The molecule has 2 heterocycles. The van der Waals surface area contributed by atoms with Gasteiger partial charge >= 0.3 is 12.1 Å². The number of hydrogen-bond donors (Lipinski definition) is 0. The summed E-state index contributed by atoms with van der Waals surface area (Å²) in [6.07, 6.45) is 0.663. The minimum Gasteiger partial charge on any atom is -0.488 e. The van der Waals surface area contributed by atoms with Crippen molar-refractivity contribution < 1.29 is 33.0 Å². The quantitative estimate of drug-likeness (QED) is 0.191. The highest BCUT2D eigenvalue weighted by molar-refractivity contribution is 5.94. The fourth-order valence-corrected chi connectivity index (χ4v) is 4.03. The van der Waals surface area contributed by atoms with E-state index in [1.54, 1.807) is 51.1 Å². The number of anilines is 1. The minimum absolute atomic E-state index is 0.169. The third-order valence-corrected chi connectivity index (χ3v) is 6.01. The van der Waals surface area contributed by atoms with Gasteiger partial charge in [-0.05, 0) is 83.8 Å². The largest absolute Gasteiger partial charge is 0.488 e. The summed E-state index contributed by atoms with van der Waals surface area (Å²) in [5.74, 6) is 0.801. The number of aromatic nitrogens is 1. The van der Waals surface area contributed by atoms with Crippen LogP contribution in [0.2, 0.25) is 0 Å². The molecule has 1 amide bonds. The molecule has 0 unspecified atom stereocenters. The van der Waals surface area contributed by atoms with E-state index in [9.17, 15) is 14.4 Å². The second kappa shape index (κ2) is 12.5. The molecule has 4 aromatic rings. The van der Waals surface area contributed by atoms with Crippen molar-refractivity contribution in [1.82, 2.24) is 9.88 Å². The van der Waals surface area contributed by atoms with Crippen LogP contribution in [0, 0.1) is 6.92 Å². The number of fused-ring (bicyclic) bond motifs is 2. The van der Waals surface area contributed by atoms with E-state index in [4.69, 9.17) is 23.4 Å². The summed E-state index contributed by atoms with van der Waals surface area (Å²) in [5, 5.41) is 0.848. The number of nitrogens with zero attached hydrogens (tertiary/aromatic N) is 3. The number of ether oxygens (including phenoxy) is 4. The smallest absolute Gasteiger partial charge is 0.416 e. The molecule has 0 spiro atoms. The Morgan fingerprint density at radius 2 is 1.74 bits per heavy atom. The maximum atomic E-state index is 13.3. The highest BCUT2D eigenvalue weighted by atomic mass is 16.6. The van der Waals surface area contributed by atoms with Crippen LogP contribution in [0.1, 0.15) is 26.3 Å². The summed E-state index contributed by atoms with van der Waals surface area (Å²) in [4.78, 5) is 45.4. The molecule has 0 atom stereocenters. The number of rotatable bonds is 9. The van der Waals surface area contributed by atoms with Gasteiger partial charge in [0.1, 0.15) is 41.7 Å². The number of hydrogen-bond acceptors (Lipinski definition) is 10. The second-order valence-corrected chi connectivity index (χ2v) is 11.0. The van der Waals surface area contributed by atoms with E-state index in [0.717, 1.165) is 10.5 Å². The van der Waals surface area contributed by atoms with Gasteiger partial charge in [0.05, 0.1) is 24.1 Å². The second-order valence-electron chi connectivity index (χ2n) is 11.0. The van der Waals surface area contributed by atoms with Gasteiger partial charge in [0, 0.05) is 12.6 Å². The van der Waals surface area contributed by atoms with Gasteiger partial charge < -0.3 is 28.3 Å². The Bertz CT molecular complexity index is 1660. The molecule has 222 valence electrons. The molecular formula is C31H35N3O8. The van der Waals surface area contributed by atoms with Crippen molar-refractivity contribution >= 4 is 39.8 Å². The molecule has 0 fully saturated rings. The number of methoxy groups -OCH3 is 1. The standard InChI is InChI=1S/C31H35N3O8/c1-19-14-23-28(36)22-10-8-20(16-24(22)41-29(23)25(15-19)39-13-12-33(5)6)40-21-9-11-26(32-17-21)34(18-27(35)38-7)30(37)42-31(2,3)4/h8-11,14-17H,12-13,18H2,1-7H3. The number of benzene rings is 2. The van der Waals surface area contributed by atoms with E-state index in [1.165, 1.54) is 19.4 Å². The third kappa shape index (κ3) is 7.35.